The fourth-order valence-electron chi connectivity index (χ4n) is 5.94. The highest BCUT2D eigenvalue weighted by Crippen LogP contribution is 2.34. The number of nitrogens with one attached hydrogen (secondary N) is 1. The maximum absolute atomic E-state index is 14.2. The lowest BCUT2D eigenvalue weighted by Crippen LogP contribution is -2.50. The van der Waals surface area contributed by atoms with E-state index in [2.05, 4.69) is 25.3 Å². The van der Waals surface area contributed by atoms with Crippen LogP contribution in [0.15, 0.2) is 41.1 Å². The second-order valence-corrected chi connectivity index (χ2v) is 12.3. The number of allylic oxidation sites excluding steroid dienone is 1. The van der Waals surface area contributed by atoms with Crippen molar-refractivity contribution in [1.29, 1.82) is 0 Å². The van der Waals surface area contributed by atoms with Gasteiger partial charge in [0, 0.05) is 31.9 Å². The number of hydrogen-bond donors (Lipinski definition) is 2. The van der Waals surface area contributed by atoms with Crippen LogP contribution in [-0.2, 0) is 23.9 Å². The Bertz CT molecular complexity index is 2050. The number of hydrogen-bond acceptors (Lipinski definition) is 9. The average Bonchev–Trinajstić information content (AvgIpc) is 3.05. The molecule has 2 amide bonds. The summed E-state index contributed by atoms with van der Waals surface area (Å²) in [5.41, 5.74) is 1.59. The molecule has 0 spiro atoms. The number of rotatable bonds is 7. The highest BCUT2D eigenvalue weighted by Gasteiger charge is 2.32. The number of nitrogens with zero attached hydrogens (tertiary/aromatic N) is 7. The van der Waals surface area contributed by atoms with Crippen molar-refractivity contribution < 1.29 is 27.9 Å². The molecule has 2 aliphatic rings. The molecule has 16 heteroatoms. The molecule has 0 unspecified atom stereocenters. The van der Waals surface area contributed by atoms with E-state index in [1.54, 1.807) is 17.7 Å². The zero-order chi connectivity index (χ0) is 35.0. The van der Waals surface area contributed by atoms with E-state index in [4.69, 9.17) is 11.6 Å². The van der Waals surface area contributed by atoms with E-state index in [-0.39, 0.29) is 77.2 Å². The third-order valence-corrected chi connectivity index (χ3v) is 9.02. The zero-order valence-corrected chi connectivity index (χ0v) is 27.4. The first-order valence-corrected chi connectivity index (χ1v) is 16.1. The number of piperazine rings is 1. The molecule has 1 aromatic carbocycles. The van der Waals surface area contributed by atoms with Gasteiger partial charge in [-0.05, 0) is 56.9 Å². The van der Waals surface area contributed by atoms with E-state index < -0.39 is 23.6 Å². The molecule has 6 rings (SSSR count). The van der Waals surface area contributed by atoms with Crippen molar-refractivity contribution >= 4 is 52.0 Å². The molecule has 1 saturated carbocycles. The van der Waals surface area contributed by atoms with E-state index in [9.17, 15) is 32.7 Å². The van der Waals surface area contributed by atoms with Gasteiger partial charge >= 0.3 is 6.18 Å². The first-order chi connectivity index (χ1) is 23.3. The minimum atomic E-state index is -4.60. The second-order valence-electron chi connectivity index (χ2n) is 11.9. The predicted octanol–water partition coefficient (Wildman–Crippen LogP) is 5.00. The van der Waals surface area contributed by atoms with Crippen molar-refractivity contribution in [2.45, 2.75) is 52.3 Å². The van der Waals surface area contributed by atoms with Crippen LogP contribution >= 0.6 is 11.6 Å². The molecule has 1 saturated heterocycles. The first kappa shape index (κ1) is 33.8. The molecule has 0 bridgehead atoms. The van der Waals surface area contributed by atoms with Crippen LogP contribution in [-0.4, -0.2) is 72.5 Å². The highest BCUT2D eigenvalue weighted by molar-refractivity contribution is 6.33. The number of aromatic nitrogens is 5. The Morgan fingerprint density at radius 1 is 1.10 bits per heavy atom. The monoisotopic (exact) mass is 696 g/mol. The zero-order valence-electron chi connectivity index (χ0n) is 26.6. The quantitative estimate of drug-likeness (QED) is 0.273. The van der Waals surface area contributed by atoms with E-state index in [1.165, 1.54) is 16.8 Å². The Morgan fingerprint density at radius 3 is 2.47 bits per heavy atom. The number of halogens is 4. The van der Waals surface area contributed by atoms with Gasteiger partial charge in [-0.15, -0.1) is 0 Å². The van der Waals surface area contributed by atoms with Crippen LogP contribution in [0.1, 0.15) is 59.3 Å². The number of carbonyl (C=O) groups is 2. The first-order valence-electron chi connectivity index (χ1n) is 15.7. The van der Waals surface area contributed by atoms with E-state index in [0.29, 0.717) is 23.5 Å². The molecular weight excluding hydrogens is 665 g/mol. The van der Waals surface area contributed by atoms with Gasteiger partial charge in [0.05, 0.1) is 33.9 Å². The molecule has 49 heavy (non-hydrogen) atoms. The maximum atomic E-state index is 14.2. The number of amides is 2. The molecule has 1 aliphatic carbocycles. The minimum absolute atomic E-state index is 0.00510. The largest absolute Gasteiger partial charge is 0.504 e. The van der Waals surface area contributed by atoms with Crippen LogP contribution < -0.4 is 15.6 Å². The van der Waals surface area contributed by atoms with Crippen LogP contribution in [0.5, 0.6) is 5.75 Å². The number of pyridine rings is 1. The number of benzene rings is 1. The number of aromatic hydroxyl groups is 1. The lowest BCUT2D eigenvalue weighted by atomic mass is 9.92. The number of aryl methyl sites for hydroxylation is 1. The van der Waals surface area contributed by atoms with Gasteiger partial charge in [-0.25, -0.2) is 19.9 Å². The van der Waals surface area contributed by atoms with Crippen molar-refractivity contribution in [3.63, 3.8) is 0 Å². The van der Waals surface area contributed by atoms with E-state index in [1.807, 2.05) is 17.9 Å². The van der Waals surface area contributed by atoms with Crippen molar-refractivity contribution in [2.75, 3.05) is 36.4 Å². The highest BCUT2D eigenvalue weighted by atomic mass is 35.5. The normalized spacial score (nSPS) is 14.9. The molecule has 2 N–H and O–H groups in total. The number of alkyl halides is 3. The number of anilines is 2. The maximum Gasteiger partial charge on any atom is 0.416 e. The van der Waals surface area contributed by atoms with Gasteiger partial charge in [-0.1, -0.05) is 24.1 Å². The molecule has 0 atom stereocenters. The summed E-state index contributed by atoms with van der Waals surface area (Å²) in [4.78, 5) is 61.3. The standard InChI is InChI=1S/C33H32ClF3N8O4/c1-3-24-28(43-9-11-44(12-10-43)32(49)27-29(47)18(2)39-17-40-27)30(48)26-31(38-15-21(41-26)13-19-5-4-6-19)45(24)16-25(46)42-23-8-7-20(14-22(23)34)33(35,36)37/h7-8,13-15,17,47H,3-6,9-12,16H2,1-2H3,(H,42,46). The van der Waals surface area contributed by atoms with Gasteiger partial charge in [-0.3, -0.25) is 14.4 Å². The molecule has 0 radical (unpaired) electrons. The van der Waals surface area contributed by atoms with Gasteiger partial charge in [0.1, 0.15) is 18.6 Å². The summed E-state index contributed by atoms with van der Waals surface area (Å²) in [6.07, 6.45) is 3.32. The molecule has 2 fully saturated rings. The van der Waals surface area contributed by atoms with Crippen LogP contribution in [0.3, 0.4) is 0 Å². The Morgan fingerprint density at radius 2 is 1.84 bits per heavy atom. The van der Waals surface area contributed by atoms with Crippen LogP contribution in [0.4, 0.5) is 24.5 Å². The molecule has 4 heterocycles. The van der Waals surface area contributed by atoms with E-state index >= 15 is 0 Å². The smallest absolute Gasteiger partial charge is 0.416 e. The van der Waals surface area contributed by atoms with Crippen molar-refractivity contribution in [2.24, 2.45) is 0 Å². The summed E-state index contributed by atoms with van der Waals surface area (Å²) in [5, 5.41) is 12.7. The summed E-state index contributed by atoms with van der Waals surface area (Å²) >= 11 is 6.10. The Labute approximate surface area is 283 Å². The molecule has 256 valence electrons. The molecule has 3 aromatic heterocycles. The summed E-state index contributed by atoms with van der Waals surface area (Å²) in [6, 6.07) is 2.65. The second kappa shape index (κ2) is 13.5. The van der Waals surface area contributed by atoms with Crippen molar-refractivity contribution in [1.82, 2.24) is 29.4 Å². The Kier molecular flexibility index (Phi) is 9.29. The van der Waals surface area contributed by atoms with Gasteiger partial charge in [0.25, 0.3) is 5.91 Å². The molecule has 4 aromatic rings. The summed E-state index contributed by atoms with van der Waals surface area (Å²) < 4.78 is 41.1. The number of fused-ring (bicyclic) bond motifs is 1. The SMILES string of the molecule is CCc1c(N2CCN(C(=O)c3ncnc(C)c3O)CC2)c(=O)c2nc(C=C3CCC3)cnc2n1CC(=O)Nc1ccc(C(F)(F)F)cc1Cl. The molecular formula is C33H32ClF3N8O4. The van der Waals surface area contributed by atoms with Crippen LogP contribution in [0, 0.1) is 6.92 Å². The predicted molar refractivity (Wildman–Crippen MR) is 177 cm³/mol. The van der Waals surface area contributed by atoms with Gasteiger partial charge in [0.2, 0.25) is 11.3 Å². The third kappa shape index (κ3) is 6.80. The molecule has 1 aliphatic heterocycles. The summed E-state index contributed by atoms with van der Waals surface area (Å²) in [7, 11) is 0. The van der Waals surface area contributed by atoms with Crippen molar-refractivity contribution in [3.8, 4) is 5.75 Å². The summed E-state index contributed by atoms with van der Waals surface area (Å²) in [6.45, 7) is 4.00. The van der Waals surface area contributed by atoms with Crippen LogP contribution in [0.25, 0.3) is 17.2 Å². The fraction of sp³-hybridized carbons (Fsp3) is 0.364. The van der Waals surface area contributed by atoms with Crippen LogP contribution in [0.2, 0.25) is 5.02 Å². The summed E-state index contributed by atoms with van der Waals surface area (Å²) in [5.74, 6) is -1.36. The van der Waals surface area contributed by atoms with Gasteiger partial charge in [0.15, 0.2) is 22.6 Å². The minimum Gasteiger partial charge on any atom is -0.504 e. The topological polar surface area (TPSA) is 146 Å². The Balaban J connectivity index is 1.35. The van der Waals surface area contributed by atoms with Gasteiger partial charge < -0.3 is 24.8 Å². The number of carbonyl (C=O) groups excluding carboxylic acids is 2. The average molecular weight is 697 g/mol. The van der Waals surface area contributed by atoms with Crippen molar-refractivity contribution in [3.05, 3.63) is 79.9 Å². The fourth-order valence-corrected chi connectivity index (χ4v) is 6.16. The lowest BCUT2D eigenvalue weighted by Gasteiger charge is -2.37. The third-order valence-electron chi connectivity index (χ3n) is 8.70. The molecule has 12 nitrogen and oxygen atoms in total. The van der Waals surface area contributed by atoms with Gasteiger partial charge in [-0.2, -0.15) is 13.2 Å². The van der Waals surface area contributed by atoms with E-state index in [0.717, 1.165) is 37.5 Å². The Hall–Kier alpha value is -5.05. The lowest BCUT2D eigenvalue weighted by molar-refractivity contribution is -0.137.